The molecular formula is C10H18O. The molecule has 0 unspecified atom stereocenters. The summed E-state index contributed by atoms with van der Waals surface area (Å²) >= 11 is 0. The first-order chi connectivity index (χ1) is 5.31. The van der Waals surface area contributed by atoms with Crippen LogP contribution < -0.4 is 0 Å². The summed E-state index contributed by atoms with van der Waals surface area (Å²) in [5, 5.41) is 8.82. The second-order valence-corrected chi connectivity index (χ2v) is 1.60. The average Bonchev–Trinajstić information content (AvgIpc) is 2.08. The summed E-state index contributed by atoms with van der Waals surface area (Å²) in [6.45, 7) is 7.71. The first-order valence-corrected chi connectivity index (χ1v) is 3.96. The Morgan fingerprint density at radius 1 is 1.09 bits per heavy atom. The van der Waals surface area contributed by atoms with Crippen LogP contribution >= 0.6 is 0 Å². The molecule has 0 radical (unpaired) electrons. The van der Waals surface area contributed by atoms with Crippen molar-refractivity contribution in [3.05, 3.63) is 36.1 Å². The third-order valence-corrected chi connectivity index (χ3v) is 0.866. The van der Waals surface area contributed by atoms with Crippen molar-refractivity contribution < 1.29 is 5.11 Å². The molecule has 0 spiro atoms. The van der Waals surface area contributed by atoms with E-state index < -0.39 is 0 Å². The van der Waals surface area contributed by atoms with Crippen molar-refractivity contribution in [3.63, 3.8) is 0 Å². The van der Waals surface area contributed by atoms with E-state index in [4.69, 9.17) is 5.11 Å². The summed E-state index contributed by atoms with van der Waals surface area (Å²) in [6, 6.07) is 0. The first-order valence-electron chi connectivity index (χ1n) is 3.96. The SMILES string of the molecule is CC.C\C=C/C=C\C(O)=C/C. The Kier molecular flexibility index (Phi) is 13.6. The van der Waals surface area contributed by atoms with Crippen molar-refractivity contribution in [2.24, 2.45) is 0 Å². The fourth-order valence-electron chi connectivity index (χ4n) is 0.361. The van der Waals surface area contributed by atoms with E-state index in [2.05, 4.69) is 0 Å². The van der Waals surface area contributed by atoms with Crippen LogP contribution in [0.3, 0.4) is 0 Å². The largest absolute Gasteiger partial charge is 0.508 e. The van der Waals surface area contributed by atoms with Crippen molar-refractivity contribution >= 4 is 0 Å². The average molecular weight is 154 g/mol. The quantitative estimate of drug-likeness (QED) is 0.476. The van der Waals surface area contributed by atoms with Gasteiger partial charge >= 0.3 is 0 Å². The molecule has 64 valence electrons. The number of aliphatic hydroxyl groups excluding tert-OH is 1. The van der Waals surface area contributed by atoms with Gasteiger partial charge in [0.05, 0.1) is 0 Å². The zero-order valence-corrected chi connectivity index (χ0v) is 7.83. The molecule has 0 saturated heterocycles. The maximum absolute atomic E-state index is 8.82. The summed E-state index contributed by atoms with van der Waals surface area (Å²) in [7, 11) is 0. The molecule has 1 nitrogen and oxygen atoms in total. The molecule has 0 bridgehead atoms. The van der Waals surface area contributed by atoms with Crippen molar-refractivity contribution in [2.45, 2.75) is 27.7 Å². The van der Waals surface area contributed by atoms with E-state index >= 15 is 0 Å². The molecule has 0 amide bonds. The molecule has 0 fully saturated rings. The number of rotatable bonds is 2. The zero-order valence-electron chi connectivity index (χ0n) is 7.83. The molecule has 0 rings (SSSR count). The highest BCUT2D eigenvalue weighted by Crippen LogP contribution is 1.89. The van der Waals surface area contributed by atoms with Gasteiger partial charge in [0.2, 0.25) is 0 Å². The third kappa shape index (κ3) is 12.3. The molecule has 0 atom stereocenters. The van der Waals surface area contributed by atoms with Gasteiger partial charge in [-0.3, -0.25) is 0 Å². The summed E-state index contributed by atoms with van der Waals surface area (Å²) in [4.78, 5) is 0. The van der Waals surface area contributed by atoms with Gasteiger partial charge in [-0.1, -0.05) is 32.1 Å². The number of hydrogen-bond donors (Lipinski definition) is 1. The Labute approximate surface area is 69.8 Å². The monoisotopic (exact) mass is 154 g/mol. The molecular weight excluding hydrogens is 136 g/mol. The van der Waals surface area contributed by atoms with E-state index in [1.807, 2.05) is 32.9 Å². The van der Waals surface area contributed by atoms with Gasteiger partial charge in [0.1, 0.15) is 5.76 Å². The number of allylic oxidation sites excluding steroid dienone is 5. The number of hydrogen-bond acceptors (Lipinski definition) is 1. The van der Waals surface area contributed by atoms with Gasteiger partial charge in [-0.05, 0) is 26.0 Å². The smallest absolute Gasteiger partial charge is 0.111 e. The molecule has 0 heterocycles. The summed E-state index contributed by atoms with van der Waals surface area (Å²) in [5.41, 5.74) is 0. The Hall–Kier alpha value is -0.980. The predicted octanol–water partition coefficient (Wildman–Crippen LogP) is 3.61. The minimum Gasteiger partial charge on any atom is -0.508 e. The van der Waals surface area contributed by atoms with Crippen molar-refractivity contribution in [1.29, 1.82) is 0 Å². The standard InChI is InChI=1S/C8H12O.C2H6/c1-3-5-6-7-8(9)4-2;1-2/h3-7,9H,1-2H3;1-2H3/b5-3-,7-6-,8-4+;. The van der Waals surface area contributed by atoms with Gasteiger partial charge in [-0.25, -0.2) is 0 Å². The van der Waals surface area contributed by atoms with Gasteiger partial charge < -0.3 is 5.11 Å². The van der Waals surface area contributed by atoms with Crippen LogP contribution in [0.5, 0.6) is 0 Å². The molecule has 0 aromatic rings. The van der Waals surface area contributed by atoms with Crippen LogP contribution in [0.15, 0.2) is 36.1 Å². The second kappa shape index (κ2) is 11.8. The first kappa shape index (κ1) is 12.7. The molecule has 0 aliphatic rings. The highest BCUT2D eigenvalue weighted by atomic mass is 16.3. The van der Waals surface area contributed by atoms with E-state index in [9.17, 15) is 0 Å². The normalized spacial score (nSPS) is 11.8. The van der Waals surface area contributed by atoms with Gasteiger partial charge in [-0.2, -0.15) is 0 Å². The molecule has 0 aromatic heterocycles. The Bertz CT molecular complexity index is 141. The molecule has 0 aromatic carbocycles. The van der Waals surface area contributed by atoms with Crippen LogP contribution in [-0.4, -0.2) is 5.11 Å². The lowest BCUT2D eigenvalue weighted by Crippen LogP contribution is -1.67. The Morgan fingerprint density at radius 2 is 1.64 bits per heavy atom. The molecule has 1 heteroatoms. The highest BCUT2D eigenvalue weighted by molar-refractivity contribution is 5.14. The Morgan fingerprint density at radius 3 is 2.00 bits per heavy atom. The molecule has 11 heavy (non-hydrogen) atoms. The van der Waals surface area contributed by atoms with Crippen molar-refractivity contribution in [3.8, 4) is 0 Å². The molecule has 1 N–H and O–H groups in total. The second-order valence-electron chi connectivity index (χ2n) is 1.60. The van der Waals surface area contributed by atoms with Gasteiger partial charge in [0.15, 0.2) is 0 Å². The number of aliphatic hydroxyl groups is 1. The van der Waals surface area contributed by atoms with E-state index in [1.54, 1.807) is 25.2 Å². The van der Waals surface area contributed by atoms with E-state index in [0.29, 0.717) is 5.76 Å². The third-order valence-electron chi connectivity index (χ3n) is 0.866. The van der Waals surface area contributed by atoms with Crippen LogP contribution in [-0.2, 0) is 0 Å². The highest BCUT2D eigenvalue weighted by Gasteiger charge is 1.74. The summed E-state index contributed by atoms with van der Waals surface area (Å²) < 4.78 is 0. The fraction of sp³-hybridized carbons (Fsp3) is 0.400. The van der Waals surface area contributed by atoms with E-state index in [0.717, 1.165) is 0 Å². The molecule has 0 aliphatic heterocycles. The topological polar surface area (TPSA) is 20.2 Å². The maximum Gasteiger partial charge on any atom is 0.111 e. The van der Waals surface area contributed by atoms with Crippen molar-refractivity contribution in [1.82, 2.24) is 0 Å². The van der Waals surface area contributed by atoms with Gasteiger partial charge in [-0.15, -0.1) is 0 Å². The summed E-state index contributed by atoms with van der Waals surface area (Å²) in [5.74, 6) is 0.299. The minimum absolute atomic E-state index is 0.299. The molecule has 0 aliphatic carbocycles. The van der Waals surface area contributed by atoms with Crippen molar-refractivity contribution in [2.75, 3.05) is 0 Å². The molecule has 0 saturated carbocycles. The van der Waals surface area contributed by atoms with Crippen LogP contribution in [0, 0.1) is 0 Å². The minimum atomic E-state index is 0.299. The van der Waals surface area contributed by atoms with Crippen LogP contribution in [0.4, 0.5) is 0 Å². The van der Waals surface area contributed by atoms with E-state index in [1.165, 1.54) is 0 Å². The van der Waals surface area contributed by atoms with Crippen LogP contribution in [0.2, 0.25) is 0 Å². The van der Waals surface area contributed by atoms with E-state index in [-0.39, 0.29) is 0 Å². The lowest BCUT2D eigenvalue weighted by molar-refractivity contribution is 0.431. The lowest BCUT2D eigenvalue weighted by atomic mass is 10.4. The van der Waals surface area contributed by atoms with Crippen LogP contribution in [0.1, 0.15) is 27.7 Å². The van der Waals surface area contributed by atoms with Crippen LogP contribution in [0.25, 0.3) is 0 Å². The fourth-order valence-corrected chi connectivity index (χ4v) is 0.361. The van der Waals surface area contributed by atoms with Gasteiger partial charge in [0, 0.05) is 0 Å². The Balaban J connectivity index is 0. The predicted molar refractivity (Wildman–Crippen MR) is 51.7 cm³/mol. The summed E-state index contributed by atoms with van der Waals surface area (Å²) in [6.07, 6.45) is 8.83. The van der Waals surface area contributed by atoms with Gasteiger partial charge in [0.25, 0.3) is 0 Å². The zero-order chi connectivity index (χ0) is 9.11. The lowest BCUT2D eigenvalue weighted by Gasteiger charge is -1.82. The maximum atomic E-state index is 8.82.